The van der Waals surface area contributed by atoms with Crippen molar-refractivity contribution in [1.29, 1.82) is 0 Å². The maximum atomic E-state index is 11.7. The molecule has 90 valence electrons. The summed E-state index contributed by atoms with van der Waals surface area (Å²) < 4.78 is 16.6. The topological polar surface area (TPSA) is 46.5 Å². The molecule has 0 aliphatic rings. The molecule has 3 nitrogen and oxygen atoms in total. The predicted octanol–water partition coefficient (Wildman–Crippen LogP) is 2.83. The molecule has 0 radical (unpaired) electrons. The Hall–Kier alpha value is -0.630. The van der Waals surface area contributed by atoms with E-state index in [1.54, 1.807) is 19.1 Å². The van der Waals surface area contributed by atoms with Crippen LogP contribution in [0.4, 0.5) is 0 Å². The zero-order valence-corrected chi connectivity index (χ0v) is 11.1. The Morgan fingerprint density at radius 1 is 1.25 bits per heavy atom. The quantitative estimate of drug-likeness (QED) is 0.829. The fourth-order valence-electron chi connectivity index (χ4n) is 1.40. The number of rotatable bonds is 3. The van der Waals surface area contributed by atoms with E-state index in [1.807, 2.05) is 12.1 Å². The Morgan fingerprint density at radius 3 is 2.12 bits per heavy atom. The van der Waals surface area contributed by atoms with E-state index in [0.717, 1.165) is 5.56 Å². The molecule has 1 unspecified atom stereocenters. The van der Waals surface area contributed by atoms with Gasteiger partial charge in [0.05, 0.1) is 11.9 Å². The van der Waals surface area contributed by atoms with Crippen LogP contribution in [0.1, 0.15) is 33.3 Å². The third-order valence-corrected chi connectivity index (χ3v) is 3.92. The minimum Gasteiger partial charge on any atom is -0.321 e. The summed E-state index contributed by atoms with van der Waals surface area (Å²) in [7, 11) is -3.62. The molecule has 1 aromatic rings. The van der Waals surface area contributed by atoms with Gasteiger partial charge in [0.1, 0.15) is 0 Å². The molecule has 1 aromatic carbocycles. The van der Waals surface area contributed by atoms with Crippen molar-refractivity contribution in [3.05, 3.63) is 29.8 Å². The second kappa shape index (κ2) is 4.70. The van der Waals surface area contributed by atoms with Crippen LogP contribution in [-0.2, 0) is 14.5 Å². The van der Waals surface area contributed by atoms with E-state index in [9.17, 15) is 9.46 Å². The van der Waals surface area contributed by atoms with E-state index in [-0.39, 0.29) is 12.0 Å². The lowest BCUT2D eigenvalue weighted by Gasteiger charge is -2.19. The largest absolute Gasteiger partial charge is 0.358 e. The lowest BCUT2D eigenvalue weighted by molar-refractivity contribution is 0.284. The Labute approximate surface area is 97.0 Å². The zero-order chi connectivity index (χ0) is 12.4. The van der Waals surface area contributed by atoms with Gasteiger partial charge in [0, 0.05) is 0 Å². The van der Waals surface area contributed by atoms with Crippen molar-refractivity contribution in [3.8, 4) is 0 Å². The molecule has 4 heteroatoms. The highest BCUT2D eigenvalue weighted by molar-refractivity contribution is 7.61. The molecular formula is C12H19O3P. The molecule has 1 rings (SSSR count). The van der Waals surface area contributed by atoms with Crippen LogP contribution in [-0.4, -0.2) is 11.5 Å². The van der Waals surface area contributed by atoms with Crippen LogP contribution in [0.3, 0.4) is 0 Å². The fraction of sp³-hybridized carbons (Fsp3) is 0.500. The second-order valence-electron chi connectivity index (χ2n) is 4.74. The van der Waals surface area contributed by atoms with Gasteiger partial charge in [0.2, 0.25) is 0 Å². The monoisotopic (exact) mass is 242 g/mol. The highest BCUT2D eigenvalue weighted by Gasteiger charge is 2.22. The first-order valence-corrected chi connectivity index (χ1v) is 6.93. The van der Waals surface area contributed by atoms with Gasteiger partial charge in [-0.1, -0.05) is 32.9 Å². The third kappa shape index (κ3) is 3.18. The molecule has 0 bridgehead atoms. The van der Waals surface area contributed by atoms with Crippen LogP contribution in [0.25, 0.3) is 0 Å². The maximum absolute atomic E-state index is 11.7. The van der Waals surface area contributed by atoms with Crippen molar-refractivity contribution in [3.63, 3.8) is 0 Å². The van der Waals surface area contributed by atoms with Gasteiger partial charge in [-0.05, 0) is 30.0 Å². The van der Waals surface area contributed by atoms with Gasteiger partial charge in [-0.2, -0.15) is 0 Å². The van der Waals surface area contributed by atoms with E-state index in [4.69, 9.17) is 4.52 Å². The van der Waals surface area contributed by atoms with Gasteiger partial charge < -0.3 is 9.42 Å². The predicted molar refractivity (Wildman–Crippen MR) is 66.2 cm³/mol. The number of hydrogen-bond acceptors (Lipinski definition) is 2. The fourth-order valence-corrected chi connectivity index (χ4v) is 2.42. The summed E-state index contributed by atoms with van der Waals surface area (Å²) in [6.07, 6.45) is 0. The summed E-state index contributed by atoms with van der Waals surface area (Å²) in [5, 5.41) is 0.349. The Kier molecular flexibility index (Phi) is 3.95. The van der Waals surface area contributed by atoms with Gasteiger partial charge in [-0.25, -0.2) is 0 Å². The molecular weight excluding hydrogens is 223 g/mol. The lowest BCUT2D eigenvalue weighted by Crippen LogP contribution is -2.13. The third-order valence-electron chi connectivity index (χ3n) is 2.36. The summed E-state index contributed by atoms with van der Waals surface area (Å²) in [4.78, 5) is 9.61. The van der Waals surface area contributed by atoms with Crippen molar-refractivity contribution in [1.82, 2.24) is 0 Å². The molecule has 0 spiro atoms. The van der Waals surface area contributed by atoms with Gasteiger partial charge >= 0.3 is 7.60 Å². The highest BCUT2D eigenvalue weighted by atomic mass is 31.2. The summed E-state index contributed by atoms with van der Waals surface area (Å²) in [5.41, 5.74) is 1.18. The van der Waals surface area contributed by atoms with Gasteiger partial charge in [-0.15, -0.1) is 0 Å². The standard InChI is InChI=1S/C12H19O3P/c1-5-15-16(13,14)11-8-6-10(7-9-11)12(2,3)4/h6-9H,5H2,1-4H3,(H,13,14). The van der Waals surface area contributed by atoms with Crippen molar-refractivity contribution < 1.29 is 14.0 Å². The first-order chi connectivity index (χ1) is 7.27. The minimum absolute atomic E-state index is 0.0452. The zero-order valence-electron chi connectivity index (χ0n) is 10.2. The Balaban J connectivity index is 3.00. The average Bonchev–Trinajstić information content (AvgIpc) is 2.16. The van der Waals surface area contributed by atoms with Crippen molar-refractivity contribution in [2.24, 2.45) is 0 Å². The normalized spacial score (nSPS) is 15.8. The molecule has 0 heterocycles. The van der Waals surface area contributed by atoms with Gasteiger partial charge in [-0.3, -0.25) is 4.57 Å². The van der Waals surface area contributed by atoms with E-state index in [0.29, 0.717) is 5.30 Å². The van der Waals surface area contributed by atoms with Gasteiger partial charge in [0.25, 0.3) is 0 Å². The van der Waals surface area contributed by atoms with Crippen LogP contribution in [0.2, 0.25) is 0 Å². The molecule has 0 aliphatic heterocycles. The maximum Gasteiger partial charge on any atom is 0.358 e. The van der Waals surface area contributed by atoms with E-state index < -0.39 is 7.60 Å². The van der Waals surface area contributed by atoms with Gasteiger partial charge in [0.15, 0.2) is 0 Å². The van der Waals surface area contributed by atoms with Crippen LogP contribution in [0.5, 0.6) is 0 Å². The van der Waals surface area contributed by atoms with Crippen LogP contribution < -0.4 is 5.30 Å². The molecule has 0 amide bonds. The first kappa shape index (κ1) is 13.4. The average molecular weight is 242 g/mol. The highest BCUT2D eigenvalue weighted by Crippen LogP contribution is 2.40. The summed E-state index contributed by atoms with van der Waals surface area (Å²) >= 11 is 0. The van der Waals surface area contributed by atoms with E-state index in [1.165, 1.54) is 0 Å². The molecule has 1 N–H and O–H groups in total. The molecule has 0 aromatic heterocycles. The SMILES string of the molecule is CCOP(=O)(O)c1ccc(C(C)(C)C)cc1. The molecule has 0 fully saturated rings. The van der Waals surface area contributed by atoms with Crippen molar-refractivity contribution in [2.45, 2.75) is 33.1 Å². The van der Waals surface area contributed by atoms with Crippen molar-refractivity contribution in [2.75, 3.05) is 6.61 Å². The van der Waals surface area contributed by atoms with E-state index in [2.05, 4.69) is 20.8 Å². The molecule has 0 aliphatic carbocycles. The molecule has 0 saturated heterocycles. The lowest BCUT2D eigenvalue weighted by atomic mass is 9.87. The van der Waals surface area contributed by atoms with Crippen LogP contribution >= 0.6 is 7.60 Å². The number of hydrogen-bond donors (Lipinski definition) is 1. The first-order valence-electron chi connectivity index (χ1n) is 5.36. The van der Waals surface area contributed by atoms with Crippen LogP contribution in [0.15, 0.2) is 24.3 Å². The minimum atomic E-state index is -3.62. The Bertz CT molecular complexity index is 390. The molecule has 1 atom stereocenters. The van der Waals surface area contributed by atoms with E-state index >= 15 is 0 Å². The van der Waals surface area contributed by atoms with Crippen LogP contribution in [0, 0.1) is 0 Å². The summed E-state index contributed by atoms with van der Waals surface area (Å²) in [5.74, 6) is 0. The molecule has 16 heavy (non-hydrogen) atoms. The number of benzene rings is 1. The smallest absolute Gasteiger partial charge is 0.321 e. The second-order valence-corrected chi connectivity index (χ2v) is 6.55. The van der Waals surface area contributed by atoms with Crippen molar-refractivity contribution >= 4 is 12.9 Å². The summed E-state index contributed by atoms with van der Waals surface area (Å²) in [6.45, 7) is 8.23. The molecule has 0 saturated carbocycles. The summed E-state index contributed by atoms with van der Waals surface area (Å²) in [6, 6.07) is 7.07. The Morgan fingerprint density at radius 2 is 1.75 bits per heavy atom.